The van der Waals surface area contributed by atoms with E-state index in [-0.39, 0.29) is 11.8 Å². The lowest BCUT2D eigenvalue weighted by atomic mass is 10.1. The molecule has 1 atom stereocenters. The summed E-state index contributed by atoms with van der Waals surface area (Å²) in [7, 11) is 0. The van der Waals surface area contributed by atoms with Crippen molar-refractivity contribution in [3.05, 3.63) is 29.8 Å². The Kier molecular flexibility index (Phi) is 4.25. The average Bonchev–Trinajstić information content (AvgIpc) is 2.92. The van der Waals surface area contributed by atoms with E-state index in [0.717, 1.165) is 29.2 Å². The highest BCUT2D eigenvalue weighted by molar-refractivity contribution is 7.99. The van der Waals surface area contributed by atoms with Gasteiger partial charge in [-0.2, -0.15) is 11.8 Å². The Morgan fingerprint density at radius 2 is 2.17 bits per heavy atom. The average molecular weight is 264 g/mol. The molecule has 1 aliphatic rings. The number of rotatable bonds is 3. The van der Waals surface area contributed by atoms with Crippen LogP contribution in [0.2, 0.25) is 0 Å². The second-order valence-corrected chi connectivity index (χ2v) is 5.46. The van der Waals surface area contributed by atoms with E-state index in [1.165, 1.54) is 0 Å². The fourth-order valence-electron chi connectivity index (χ4n) is 1.84. The molecular formula is C13H16N2O2S. The van der Waals surface area contributed by atoms with Crippen LogP contribution < -0.4 is 5.32 Å². The summed E-state index contributed by atoms with van der Waals surface area (Å²) < 4.78 is 0. The first-order valence-electron chi connectivity index (χ1n) is 5.88. The first-order valence-corrected chi connectivity index (χ1v) is 7.04. The Morgan fingerprint density at radius 1 is 1.44 bits per heavy atom. The van der Waals surface area contributed by atoms with Crippen molar-refractivity contribution in [3.8, 4) is 0 Å². The monoisotopic (exact) mass is 264 g/mol. The van der Waals surface area contributed by atoms with Crippen LogP contribution in [-0.4, -0.2) is 28.3 Å². The van der Waals surface area contributed by atoms with E-state index < -0.39 is 0 Å². The fourth-order valence-corrected chi connectivity index (χ4v) is 3.06. The largest absolute Gasteiger partial charge is 0.411 e. The molecule has 1 amide bonds. The SMILES string of the molecule is C/C(=N\O)c1ccc(NC(=O)C2CCSC2)cc1. The van der Waals surface area contributed by atoms with Crippen molar-refractivity contribution < 1.29 is 10.0 Å². The summed E-state index contributed by atoms with van der Waals surface area (Å²) in [6, 6.07) is 7.30. The molecule has 0 radical (unpaired) electrons. The van der Waals surface area contributed by atoms with Crippen molar-refractivity contribution >= 4 is 29.1 Å². The molecule has 18 heavy (non-hydrogen) atoms. The minimum atomic E-state index is 0.0975. The minimum absolute atomic E-state index is 0.0975. The smallest absolute Gasteiger partial charge is 0.228 e. The lowest BCUT2D eigenvalue weighted by Crippen LogP contribution is -2.22. The minimum Gasteiger partial charge on any atom is -0.411 e. The van der Waals surface area contributed by atoms with Crippen LogP contribution in [0.5, 0.6) is 0 Å². The van der Waals surface area contributed by atoms with E-state index in [9.17, 15) is 4.79 Å². The third kappa shape index (κ3) is 3.04. The summed E-state index contributed by atoms with van der Waals surface area (Å²) in [4.78, 5) is 11.9. The van der Waals surface area contributed by atoms with Gasteiger partial charge in [-0.3, -0.25) is 4.79 Å². The van der Waals surface area contributed by atoms with Gasteiger partial charge in [0.2, 0.25) is 5.91 Å². The number of anilines is 1. The number of amides is 1. The number of benzene rings is 1. The lowest BCUT2D eigenvalue weighted by Gasteiger charge is -2.10. The molecule has 1 aromatic carbocycles. The summed E-state index contributed by atoms with van der Waals surface area (Å²) in [6.07, 6.45) is 0.963. The van der Waals surface area contributed by atoms with Crippen LogP contribution in [0.15, 0.2) is 29.4 Å². The number of hydrogen-bond donors (Lipinski definition) is 2. The number of hydrogen-bond acceptors (Lipinski definition) is 4. The summed E-state index contributed by atoms with van der Waals surface area (Å²) in [6.45, 7) is 1.73. The van der Waals surface area contributed by atoms with Crippen molar-refractivity contribution in [1.82, 2.24) is 0 Å². The predicted octanol–water partition coefficient (Wildman–Crippen LogP) is 2.58. The molecule has 1 aliphatic heterocycles. The number of carbonyl (C=O) groups excluding carboxylic acids is 1. The highest BCUT2D eigenvalue weighted by Crippen LogP contribution is 2.24. The third-order valence-electron chi connectivity index (χ3n) is 3.02. The number of nitrogens with zero attached hydrogens (tertiary/aromatic N) is 1. The maximum atomic E-state index is 11.9. The molecule has 1 fully saturated rings. The van der Waals surface area contributed by atoms with E-state index in [2.05, 4.69) is 10.5 Å². The maximum absolute atomic E-state index is 11.9. The van der Waals surface area contributed by atoms with Crippen molar-refractivity contribution in [2.24, 2.45) is 11.1 Å². The van der Waals surface area contributed by atoms with E-state index in [1.807, 2.05) is 36.0 Å². The zero-order valence-corrected chi connectivity index (χ0v) is 11.0. The molecule has 2 N–H and O–H groups in total. The lowest BCUT2D eigenvalue weighted by molar-refractivity contribution is -0.119. The Bertz CT molecular complexity index is 451. The van der Waals surface area contributed by atoms with Gasteiger partial charge in [0.1, 0.15) is 0 Å². The fraction of sp³-hybridized carbons (Fsp3) is 0.385. The Labute approximate surface area is 110 Å². The van der Waals surface area contributed by atoms with Crippen LogP contribution >= 0.6 is 11.8 Å². The van der Waals surface area contributed by atoms with Crippen LogP contribution in [-0.2, 0) is 4.79 Å². The van der Waals surface area contributed by atoms with Gasteiger partial charge in [0.25, 0.3) is 0 Å². The molecule has 0 saturated carbocycles. The topological polar surface area (TPSA) is 61.7 Å². The van der Waals surface area contributed by atoms with Crippen LogP contribution in [0.25, 0.3) is 0 Å². The van der Waals surface area contributed by atoms with E-state index in [1.54, 1.807) is 6.92 Å². The second-order valence-electron chi connectivity index (χ2n) is 4.31. The van der Waals surface area contributed by atoms with Gasteiger partial charge in [-0.1, -0.05) is 17.3 Å². The van der Waals surface area contributed by atoms with Gasteiger partial charge in [-0.15, -0.1) is 0 Å². The maximum Gasteiger partial charge on any atom is 0.228 e. The van der Waals surface area contributed by atoms with E-state index in [4.69, 9.17) is 5.21 Å². The predicted molar refractivity (Wildman–Crippen MR) is 74.5 cm³/mol. The zero-order valence-electron chi connectivity index (χ0n) is 10.2. The number of thioether (sulfide) groups is 1. The van der Waals surface area contributed by atoms with Crippen LogP contribution in [0.1, 0.15) is 18.9 Å². The van der Waals surface area contributed by atoms with Gasteiger partial charge in [0.15, 0.2) is 0 Å². The molecule has 1 heterocycles. The Morgan fingerprint density at radius 3 is 2.72 bits per heavy atom. The second kappa shape index (κ2) is 5.91. The van der Waals surface area contributed by atoms with E-state index in [0.29, 0.717) is 5.71 Å². The molecule has 0 aliphatic carbocycles. The first-order chi connectivity index (χ1) is 8.70. The number of carbonyl (C=O) groups is 1. The molecule has 0 spiro atoms. The molecule has 96 valence electrons. The standard InChI is InChI=1S/C13H16N2O2S/c1-9(15-17)10-2-4-12(5-3-10)14-13(16)11-6-7-18-8-11/h2-5,11,17H,6-8H2,1H3,(H,14,16)/b15-9+. The van der Waals surface area contributed by atoms with Crippen molar-refractivity contribution in [1.29, 1.82) is 0 Å². The summed E-state index contributed by atoms with van der Waals surface area (Å²) in [5, 5.41) is 14.7. The van der Waals surface area contributed by atoms with Gasteiger partial charge in [0.05, 0.1) is 5.71 Å². The summed E-state index contributed by atoms with van der Waals surface area (Å²) in [5.74, 6) is 2.22. The molecule has 1 saturated heterocycles. The molecule has 1 unspecified atom stereocenters. The zero-order chi connectivity index (χ0) is 13.0. The first kappa shape index (κ1) is 13.0. The van der Waals surface area contributed by atoms with Crippen molar-refractivity contribution in [2.45, 2.75) is 13.3 Å². The van der Waals surface area contributed by atoms with Gasteiger partial charge in [-0.05, 0) is 36.8 Å². The summed E-state index contributed by atoms with van der Waals surface area (Å²) in [5.41, 5.74) is 2.18. The third-order valence-corrected chi connectivity index (χ3v) is 4.18. The molecule has 4 nitrogen and oxygen atoms in total. The Hall–Kier alpha value is -1.49. The van der Waals surface area contributed by atoms with Crippen molar-refractivity contribution in [2.75, 3.05) is 16.8 Å². The van der Waals surface area contributed by atoms with Crippen LogP contribution in [0.4, 0.5) is 5.69 Å². The molecule has 0 bridgehead atoms. The highest BCUT2D eigenvalue weighted by atomic mass is 32.2. The summed E-state index contributed by atoms with van der Waals surface area (Å²) >= 11 is 1.83. The van der Waals surface area contributed by atoms with Gasteiger partial charge in [0, 0.05) is 17.4 Å². The molecular weight excluding hydrogens is 248 g/mol. The van der Waals surface area contributed by atoms with Crippen molar-refractivity contribution in [3.63, 3.8) is 0 Å². The van der Waals surface area contributed by atoms with Crippen LogP contribution in [0.3, 0.4) is 0 Å². The quantitative estimate of drug-likeness (QED) is 0.501. The normalized spacial score (nSPS) is 19.8. The van der Waals surface area contributed by atoms with E-state index >= 15 is 0 Å². The highest BCUT2D eigenvalue weighted by Gasteiger charge is 2.22. The molecule has 2 rings (SSSR count). The van der Waals surface area contributed by atoms with Gasteiger partial charge >= 0.3 is 0 Å². The number of oxime groups is 1. The van der Waals surface area contributed by atoms with Gasteiger partial charge < -0.3 is 10.5 Å². The molecule has 5 heteroatoms. The molecule has 0 aromatic heterocycles. The van der Waals surface area contributed by atoms with Gasteiger partial charge in [-0.25, -0.2) is 0 Å². The van der Waals surface area contributed by atoms with Crippen LogP contribution in [0, 0.1) is 5.92 Å². The molecule has 1 aromatic rings. The Balaban J connectivity index is 1.99. The number of nitrogens with one attached hydrogen (secondary N) is 1.